The van der Waals surface area contributed by atoms with Crippen LogP contribution in [-0.2, 0) is 22.5 Å². The highest BCUT2D eigenvalue weighted by molar-refractivity contribution is 5.73. The Morgan fingerprint density at radius 2 is 1.97 bits per heavy atom. The molecule has 1 unspecified atom stereocenters. The van der Waals surface area contributed by atoms with Crippen LogP contribution in [0.5, 0.6) is 5.75 Å². The molecule has 1 aromatic heterocycles. The largest absolute Gasteiger partial charge is 0.482 e. The molecule has 0 aliphatic heterocycles. The van der Waals surface area contributed by atoms with Crippen molar-refractivity contribution in [1.29, 1.82) is 0 Å². The fourth-order valence-corrected chi connectivity index (χ4v) is 4.12. The summed E-state index contributed by atoms with van der Waals surface area (Å²) in [6, 6.07) is 20.1. The van der Waals surface area contributed by atoms with Gasteiger partial charge in [-0.25, -0.2) is 4.79 Å². The Morgan fingerprint density at radius 3 is 2.76 bits per heavy atom. The van der Waals surface area contributed by atoms with E-state index in [1.54, 1.807) is 6.20 Å². The molecule has 170 valence electrons. The van der Waals surface area contributed by atoms with Crippen molar-refractivity contribution in [2.24, 2.45) is 0 Å². The number of ether oxygens (including phenoxy) is 1. The van der Waals surface area contributed by atoms with Gasteiger partial charge in [0, 0.05) is 18.0 Å². The number of carboxylic acids is 1. The molecule has 0 amide bonds. The van der Waals surface area contributed by atoms with Gasteiger partial charge in [-0.15, -0.1) is 0 Å². The molecule has 0 fully saturated rings. The molecule has 0 bridgehead atoms. The third-order valence-corrected chi connectivity index (χ3v) is 5.68. The number of fused-ring (bicyclic) bond motifs is 1. The molecule has 1 heterocycles. The molecule has 0 saturated heterocycles. The lowest BCUT2D eigenvalue weighted by Gasteiger charge is -2.22. The smallest absolute Gasteiger partial charge is 0.341 e. The van der Waals surface area contributed by atoms with Crippen molar-refractivity contribution in [1.82, 2.24) is 10.5 Å². The van der Waals surface area contributed by atoms with Gasteiger partial charge in [-0.3, -0.25) is 4.98 Å². The zero-order valence-electron chi connectivity index (χ0n) is 18.4. The maximum absolute atomic E-state index is 10.9. The van der Waals surface area contributed by atoms with Crippen molar-refractivity contribution in [3.8, 4) is 5.75 Å². The highest BCUT2D eigenvalue weighted by Crippen LogP contribution is 2.34. The second-order valence-corrected chi connectivity index (χ2v) is 7.98. The van der Waals surface area contributed by atoms with Crippen molar-refractivity contribution in [2.75, 3.05) is 13.2 Å². The van der Waals surface area contributed by atoms with E-state index in [0.29, 0.717) is 12.4 Å². The minimum Gasteiger partial charge on any atom is -0.482 e. The van der Waals surface area contributed by atoms with E-state index < -0.39 is 5.97 Å². The third-order valence-electron chi connectivity index (χ3n) is 5.68. The maximum Gasteiger partial charge on any atom is 0.341 e. The summed E-state index contributed by atoms with van der Waals surface area (Å²) in [6.07, 6.45) is 9.14. The summed E-state index contributed by atoms with van der Waals surface area (Å²) in [6.45, 7) is 0.177. The summed E-state index contributed by atoms with van der Waals surface area (Å²) in [5, 5.41) is 8.93. The van der Waals surface area contributed by atoms with Crippen LogP contribution in [0.2, 0.25) is 0 Å². The van der Waals surface area contributed by atoms with Gasteiger partial charge in [-0.2, -0.15) is 5.48 Å². The van der Waals surface area contributed by atoms with E-state index in [1.807, 2.05) is 42.6 Å². The first-order chi connectivity index (χ1) is 16.2. The number of aliphatic carboxylic acids is 1. The molecule has 0 spiro atoms. The van der Waals surface area contributed by atoms with Gasteiger partial charge in [0.15, 0.2) is 6.61 Å². The molecule has 6 heteroatoms. The fraction of sp³-hybridized carbons (Fsp3) is 0.259. The molecule has 2 N–H and O–H groups in total. The molecule has 6 nitrogen and oxygen atoms in total. The number of pyridine rings is 1. The van der Waals surface area contributed by atoms with E-state index in [2.05, 4.69) is 40.8 Å². The predicted octanol–water partition coefficient (Wildman–Crippen LogP) is 4.77. The monoisotopic (exact) mass is 444 g/mol. The number of nitrogens with one attached hydrogen (secondary N) is 1. The molecule has 4 rings (SSSR count). The molecule has 2 aromatic carbocycles. The summed E-state index contributed by atoms with van der Waals surface area (Å²) in [4.78, 5) is 21.1. The molecule has 1 atom stereocenters. The summed E-state index contributed by atoms with van der Waals surface area (Å²) in [5.74, 6) is -0.323. The van der Waals surface area contributed by atoms with Crippen LogP contribution in [0.25, 0.3) is 5.57 Å². The van der Waals surface area contributed by atoms with Gasteiger partial charge in [-0.05, 0) is 60.1 Å². The standard InChI is InChI=1S/C27H28N2O4/c30-27(31)19-32-26-13-5-11-23-21(9-4-12-24(23)26)14-16-33-29-25(22-10-6-15-28-18-22)17-20-7-2-1-3-8-20/h1-3,5-11,13,15,18,25,29H,4,12,14,16-17,19H2,(H,30,31). The van der Waals surface area contributed by atoms with Crippen LogP contribution in [0.3, 0.4) is 0 Å². The first-order valence-electron chi connectivity index (χ1n) is 11.2. The number of hydroxylamine groups is 1. The minimum absolute atomic E-state index is 0.00950. The predicted molar refractivity (Wildman–Crippen MR) is 127 cm³/mol. The van der Waals surface area contributed by atoms with Gasteiger partial charge in [0.1, 0.15) is 5.75 Å². The molecule has 33 heavy (non-hydrogen) atoms. The number of rotatable bonds is 11. The maximum atomic E-state index is 10.9. The van der Waals surface area contributed by atoms with Crippen LogP contribution < -0.4 is 10.2 Å². The quantitative estimate of drug-likeness (QED) is 0.328. The van der Waals surface area contributed by atoms with E-state index in [0.717, 1.165) is 42.4 Å². The van der Waals surface area contributed by atoms with Crippen LogP contribution in [0, 0.1) is 0 Å². The summed E-state index contributed by atoms with van der Waals surface area (Å²) in [5.41, 5.74) is 8.91. The average Bonchev–Trinajstić information content (AvgIpc) is 2.85. The Morgan fingerprint density at radius 1 is 1.09 bits per heavy atom. The van der Waals surface area contributed by atoms with Crippen molar-refractivity contribution in [3.63, 3.8) is 0 Å². The summed E-state index contributed by atoms with van der Waals surface area (Å²) >= 11 is 0. The number of nitrogens with zero attached hydrogens (tertiary/aromatic N) is 1. The van der Waals surface area contributed by atoms with Gasteiger partial charge in [-0.1, -0.05) is 54.6 Å². The van der Waals surface area contributed by atoms with Gasteiger partial charge in [0.05, 0.1) is 12.6 Å². The Balaban J connectivity index is 1.37. The van der Waals surface area contributed by atoms with Crippen LogP contribution in [0.15, 0.2) is 79.1 Å². The highest BCUT2D eigenvalue weighted by atomic mass is 16.6. The van der Waals surface area contributed by atoms with E-state index in [-0.39, 0.29) is 12.6 Å². The molecule has 0 radical (unpaired) electrons. The van der Waals surface area contributed by atoms with Crippen molar-refractivity contribution in [2.45, 2.75) is 31.7 Å². The second kappa shape index (κ2) is 11.4. The lowest BCUT2D eigenvalue weighted by Crippen LogP contribution is -2.24. The number of carbonyl (C=O) groups is 1. The van der Waals surface area contributed by atoms with E-state index >= 15 is 0 Å². The average molecular weight is 445 g/mol. The van der Waals surface area contributed by atoms with Gasteiger partial charge in [0.2, 0.25) is 0 Å². The van der Waals surface area contributed by atoms with Crippen LogP contribution in [0.4, 0.5) is 0 Å². The molecule has 0 saturated carbocycles. The Kier molecular flexibility index (Phi) is 7.85. The lowest BCUT2D eigenvalue weighted by molar-refractivity contribution is -0.139. The molecular weight excluding hydrogens is 416 g/mol. The second-order valence-electron chi connectivity index (χ2n) is 7.98. The lowest BCUT2D eigenvalue weighted by atomic mass is 9.89. The number of allylic oxidation sites excluding steroid dienone is 1. The SMILES string of the molecule is O=C(O)COc1cccc2c1CCC=C2CCONC(Cc1ccccc1)c1cccnc1. The fourth-order valence-electron chi connectivity index (χ4n) is 4.12. The van der Waals surface area contributed by atoms with Gasteiger partial charge < -0.3 is 14.7 Å². The third kappa shape index (κ3) is 6.28. The Bertz CT molecular complexity index is 1080. The van der Waals surface area contributed by atoms with Crippen LogP contribution >= 0.6 is 0 Å². The zero-order valence-corrected chi connectivity index (χ0v) is 18.4. The normalized spacial score (nSPS) is 13.6. The van der Waals surface area contributed by atoms with Crippen molar-refractivity contribution < 1.29 is 19.5 Å². The number of carboxylic acid groups (broad SMARTS) is 1. The zero-order chi connectivity index (χ0) is 22.9. The minimum atomic E-state index is -0.975. The molecule has 3 aromatic rings. The number of hydrogen-bond donors (Lipinski definition) is 2. The van der Waals surface area contributed by atoms with Gasteiger partial charge >= 0.3 is 5.97 Å². The van der Waals surface area contributed by atoms with E-state index in [4.69, 9.17) is 14.7 Å². The molecule has 1 aliphatic carbocycles. The van der Waals surface area contributed by atoms with Crippen molar-refractivity contribution in [3.05, 3.63) is 101 Å². The van der Waals surface area contributed by atoms with Crippen molar-refractivity contribution >= 4 is 11.5 Å². The Hall–Kier alpha value is -3.48. The summed E-state index contributed by atoms with van der Waals surface area (Å²) < 4.78 is 5.50. The van der Waals surface area contributed by atoms with E-state index in [1.165, 1.54) is 11.1 Å². The van der Waals surface area contributed by atoms with Crippen LogP contribution in [0.1, 0.15) is 41.1 Å². The topological polar surface area (TPSA) is 80.7 Å². The van der Waals surface area contributed by atoms with E-state index in [9.17, 15) is 4.79 Å². The van der Waals surface area contributed by atoms with Gasteiger partial charge in [0.25, 0.3) is 0 Å². The first-order valence-corrected chi connectivity index (χ1v) is 11.2. The molecular formula is C27H28N2O4. The molecule has 1 aliphatic rings. The number of aromatic nitrogens is 1. The first kappa shape index (κ1) is 22.7. The van der Waals surface area contributed by atoms with Crippen LogP contribution in [-0.4, -0.2) is 29.3 Å². The Labute approximate surface area is 193 Å². The number of hydrogen-bond acceptors (Lipinski definition) is 5. The highest BCUT2D eigenvalue weighted by Gasteiger charge is 2.18. The summed E-state index contributed by atoms with van der Waals surface area (Å²) in [7, 11) is 0. The number of benzene rings is 2.